The molecule has 0 aliphatic heterocycles. The normalized spacial score (nSPS) is 11.4. The largest absolute Gasteiger partial charge is 0.478 e. The average molecular weight is 277 g/mol. The predicted molar refractivity (Wildman–Crippen MR) is 70.8 cm³/mol. The van der Waals surface area contributed by atoms with Gasteiger partial charge in [0, 0.05) is 9.52 Å². The molecule has 88 valence electrons. The molecule has 1 aromatic rings. The van der Waals surface area contributed by atoms with Crippen molar-refractivity contribution in [1.29, 1.82) is 0 Å². The first-order chi connectivity index (χ1) is 7.59. The van der Waals surface area contributed by atoms with Gasteiger partial charge in [-0.05, 0) is 30.2 Å². The topological polar surface area (TPSA) is 37.3 Å². The Morgan fingerprint density at radius 1 is 1.31 bits per heavy atom. The zero-order valence-corrected chi connectivity index (χ0v) is 11.8. The number of carbonyl (C=O) groups is 1. The summed E-state index contributed by atoms with van der Waals surface area (Å²) in [5, 5.41) is 8.73. The van der Waals surface area contributed by atoms with Gasteiger partial charge >= 0.3 is 5.97 Å². The number of carboxylic acid groups (broad SMARTS) is 1. The highest BCUT2D eigenvalue weighted by Gasteiger charge is 2.02. The Balaban J connectivity index is 2.35. The van der Waals surface area contributed by atoms with Crippen molar-refractivity contribution < 1.29 is 9.90 Å². The molecule has 0 unspecified atom stereocenters. The summed E-state index contributed by atoms with van der Waals surface area (Å²) in [4.78, 5) is 10.4. The third-order valence-corrected chi connectivity index (χ3v) is 5.35. The third kappa shape index (κ3) is 5.01. The van der Waals surface area contributed by atoms with Crippen LogP contribution in [0.1, 0.15) is 15.9 Å². The maximum atomic E-state index is 10.6. The molecule has 5 heteroatoms. The van der Waals surface area contributed by atoms with Crippen LogP contribution in [-0.2, 0) is 6.42 Å². The summed E-state index contributed by atoms with van der Waals surface area (Å²) in [7, 11) is -0.186. The number of aromatic carboxylic acids is 1. The van der Waals surface area contributed by atoms with Crippen LogP contribution in [-0.4, -0.2) is 25.4 Å². The van der Waals surface area contributed by atoms with Crippen LogP contribution in [0.5, 0.6) is 0 Å². The first-order valence-corrected chi connectivity index (χ1v) is 8.07. The molecule has 2 nitrogen and oxygen atoms in total. The zero-order valence-electron chi connectivity index (χ0n) is 8.83. The van der Waals surface area contributed by atoms with Crippen LogP contribution in [0.15, 0.2) is 24.3 Å². The lowest BCUT2D eigenvalue weighted by molar-refractivity contribution is 0.0697. The van der Waals surface area contributed by atoms with Crippen LogP contribution in [0.2, 0.25) is 12.1 Å². The van der Waals surface area contributed by atoms with Crippen LogP contribution >= 0.6 is 23.2 Å². The summed E-state index contributed by atoms with van der Waals surface area (Å²) in [5.74, 6) is -0.881. The van der Waals surface area contributed by atoms with E-state index in [2.05, 4.69) is 0 Å². The second-order valence-electron chi connectivity index (χ2n) is 3.64. The number of aryl methyl sites for hydroxylation is 1. The Hall–Kier alpha value is -0.513. The standard InChI is InChI=1S/C11H14Cl2O2Si/c12-10(13)7-16-6-5-8-1-3-9(4-2-8)11(14)15/h1-4,10H,5-7,16H2,(H,14,15). The van der Waals surface area contributed by atoms with Gasteiger partial charge in [0.15, 0.2) is 0 Å². The van der Waals surface area contributed by atoms with Gasteiger partial charge in [0.25, 0.3) is 0 Å². The van der Waals surface area contributed by atoms with Gasteiger partial charge in [-0.1, -0.05) is 18.2 Å². The highest BCUT2D eigenvalue weighted by Crippen LogP contribution is 2.10. The maximum Gasteiger partial charge on any atom is 0.335 e. The smallest absolute Gasteiger partial charge is 0.335 e. The molecule has 0 saturated carbocycles. The average Bonchev–Trinajstić information content (AvgIpc) is 2.25. The Bertz CT molecular complexity index is 338. The monoisotopic (exact) mass is 276 g/mol. The molecule has 0 saturated heterocycles. The van der Waals surface area contributed by atoms with E-state index in [1.54, 1.807) is 12.1 Å². The van der Waals surface area contributed by atoms with Crippen molar-refractivity contribution in [2.45, 2.75) is 23.3 Å². The lowest BCUT2D eigenvalue weighted by Gasteiger charge is -2.02. The Morgan fingerprint density at radius 2 is 1.94 bits per heavy atom. The lowest BCUT2D eigenvalue weighted by atomic mass is 10.1. The van der Waals surface area contributed by atoms with E-state index in [0.29, 0.717) is 5.56 Å². The van der Waals surface area contributed by atoms with E-state index >= 15 is 0 Å². The molecule has 16 heavy (non-hydrogen) atoms. The molecule has 0 heterocycles. The minimum absolute atomic E-state index is 0.186. The Labute approximate surface area is 107 Å². The summed E-state index contributed by atoms with van der Waals surface area (Å²) in [6.45, 7) is 0. The van der Waals surface area contributed by atoms with Crippen LogP contribution < -0.4 is 0 Å². The van der Waals surface area contributed by atoms with E-state index < -0.39 is 5.97 Å². The molecular formula is C11H14Cl2O2Si. The molecule has 0 spiro atoms. The SMILES string of the molecule is O=C(O)c1ccc(CC[SiH2]CC(Cl)Cl)cc1. The predicted octanol–water partition coefficient (Wildman–Crippen LogP) is 2.74. The molecule has 0 amide bonds. The molecule has 0 aromatic heterocycles. The number of hydrogen-bond acceptors (Lipinski definition) is 1. The molecule has 0 aliphatic carbocycles. The number of hydrogen-bond donors (Lipinski definition) is 1. The van der Waals surface area contributed by atoms with Crippen LogP contribution in [0, 0.1) is 0 Å². The van der Waals surface area contributed by atoms with Gasteiger partial charge in [-0.2, -0.15) is 0 Å². The van der Waals surface area contributed by atoms with Crippen molar-refractivity contribution >= 4 is 38.7 Å². The van der Waals surface area contributed by atoms with Crippen molar-refractivity contribution in [3.8, 4) is 0 Å². The van der Waals surface area contributed by atoms with E-state index in [-0.39, 0.29) is 14.4 Å². The lowest BCUT2D eigenvalue weighted by Crippen LogP contribution is -1.99. The molecule has 0 bridgehead atoms. The second kappa shape index (κ2) is 6.94. The molecule has 0 aliphatic rings. The van der Waals surface area contributed by atoms with Gasteiger partial charge in [0.05, 0.1) is 5.56 Å². The van der Waals surface area contributed by atoms with Crippen molar-refractivity contribution in [1.82, 2.24) is 0 Å². The second-order valence-corrected chi connectivity index (χ2v) is 6.91. The highest BCUT2D eigenvalue weighted by atomic mass is 35.5. The maximum absolute atomic E-state index is 10.6. The zero-order chi connectivity index (χ0) is 12.0. The minimum Gasteiger partial charge on any atom is -0.478 e. The van der Waals surface area contributed by atoms with Gasteiger partial charge in [0.2, 0.25) is 0 Å². The van der Waals surface area contributed by atoms with E-state index in [4.69, 9.17) is 28.3 Å². The summed E-state index contributed by atoms with van der Waals surface area (Å²) in [6.07, 6.45) is 0.993. The summed E-state index contributed by atoms with van der Waals surface area (Å²) < 4.78 is 0. The number of alkyl halides is 2. The van der Waals surface area contributed by atoms with E-state index in [0.717, 1.165) is 18.5 Å². The van der Waals surface area contributed by atoms with E-state index in [9.17, 15) is 4.79 Å². The fourth-order valence-corrected chi connectivity index (χ4v) is 3.62. The van der Waals surface area contributed by atoms with E-state index in [1.165, 1.54) is 5.56 Å². The van der Waals surface area contributed by atoms with Gasteiger partial charge in [0.1, 0.15) is 4.84 Å². The van der Waals surface area contributed by atoms with Gasteiger partial charge in [-0.3, -0.25) is 0 Å². The molecule has 1 rings (SSSR count). The summed E-state index contributed by atoms with van der Waals surface area (Å²) in [5.41, 5.74) is 1.51. The van der Waals surface area contributed by atoms with Crippen molar-refractivity contribution in [3.05, 3.63) is 35.4 Å². The van der Waals surface area contributed by atoms with Gasteiger partial charge in [-0.15, -0.1) is 23.2 Å². The quantitative estimate of drug-likeness (QED) is 0.493. The molecule has 0 fully saturated rings. The summed E-state index contributed by atoms with van der Waals surface area (Å²) in [6, 6.07) is 9.13. The van der Waals surface area contributed by atoms with Crippen LogP contribution in [0.3, 0.4) is 0 Å². The first-order valence-electron chi connectivity index (χ1n) is 5.20. The van der Waals surface area contributed by atoms with Gasteiger partial charge < -0.3 is 5.11 Å². The fourth-order valence-electron chi connectivity index (χ4n) is 1.44. The number of benzene rings is 1. The molecule has 0 radical (unpaired) electrons. The highest BCUT2D eigenvalue weighted by molar-refractivity contribution is 6.49. The van der Waals surface area contributed by atoms with Crippen molar-refractivity contribution in [2.75, 3.05) is 0 Å². The first kappa shape index (κ1) is 13.6. The molecule has 0 atom stereocenters. The van der Waals surface area contributed by atoms with Crippen LogP contribution in [0.4, 0.5) is 0 Å². The summed E-state index contributed by atoms with van der Waals surface area (Å²) >= 11 is 11.3. The number of carboxylic acids is 1. The minimum atomic E-state index is -0.881. The fraction of sp³-hybridized carbons (Fsp3) is 0.364. The molecular weight excluding hydrogens is 263 g/mol. The van der Waals surface area contributed by atoms with Crippen LogP contribution in [0.25, 0.3) is 0 Å². The van der Waals surface area contributed by atoms with Gasteiger partial charge in [-0.25, -0.2) is 4.79 Å². The third-order valence-electron chi connectivity index (χ3n) is 2.34. The molecule has 1 aromatic carbocycles. The Morgan fingerprint density at radius 3 is 2.44 bits per heavy atom. The van der Waals surface area contributed by atoms with Crippen molar-refractivity contribution in [2.24, 2.45) is 0 Å². The Kier molecular flexibility index (Phi) is 5.88. The molecule has 1 N–H and O–H groups in total. The number of rotatable bonds is 6. The number of halogens is 2. The van der Waals surface area contributed by atoms with Crippen molar-refractivity contribution in [3.63, 3.8) is 0 Å². The van der Waals surface area contributed by atoms with E-state index in [1.807, 2.05) is 12.1 Å².